The minimum atomic E-state index is -1.14. The second-order valence-electron chi connectivity index (χ2n) is 6.54. The van der Waals surface area contributed by atoms with Gasteiger partial charge in [-0.15, -0.1) is 0 Å². The summed E-state index contributed by atoms with van der Waals surface area (Å²) in [4.78, 5) is 14.4. The summed E-state index contributed by atoms with van der Waals surface area (Å²) in [6, 6.07) is 10.5. The van der Waals surface area contributed by atoms with Crippen LogP contribution in [0, 0.1) is 3.57 Å². The molecule has 0 N–H and O–H groups in total. The number of furan rings is 1. The van der Waals surface area contributed by atoms with Crippen molar-refractivity contribution in [3.05, 3.63) is 52.0 Å². The van der Waals surface area contributed by atoms with E-state index in [1.54, 1.807) is 11.0 Å². The van der Waals surface area contributed by atoms with Crippen LogP contribution in [0.2, 0.25) is 25.7 Å². The minimum absolute atomic E-state index is 0.115. The molecule has 4 nitrogen and oxygen atoms in total. The van der Waals surface area contributed by atoms with Crippen molar-refractivity contribution >= 4 is 42.3 Å². The van der Waals surface area contributed by atoms with Gasteiger partial charge in [-0.2, -0.15) is 0 Å². The van der Waals surface area contributed by atoms with Gasteiger partial charge in [0, 0.05) is 18.3 Å². The lowest BCUT2D eigenvalue weighted by atomic mass is 10.2. The standard InChI is InChI=1S/C17H22INO3Si/c1-23(2,3)11-10-22-13-19(16-7-5-4-6-15(16)18)17(20)14-8-9-21-12-14/h4-9,12H,10-11,13H2,1-3H3. The molecule has 124 valence electrons. The van der Waals surface area contributed by atoms with Gasteiger partial charge >= 0.3 is 0 Å². The van der Waals surface area contributed by atoms with E-state index >= 15 is 0 Å². The topological polar surface area (TPSA) is 42.7 Å². The summed E-state index contributed by atoms with van der Waals surface area (Å²) in [6.45, 7) is 7.85. The Hall–Kier alpha value is -1.12. The Morgan fingerprint density at radius 1 is 1.26 bits per heavy atom. The average Bonchev–Trinajstić information content (AvgIpc) is 3.01. The number of carbonyl (C=O) groups is 1. The van der Waals surface area contributed by atoms with Crippen LogP contribution in [-0.2, 0) is 4.74 Å². The molecule has 23 heavy (non-hydrogen) atoms. The lowest BCUT2D eigenvalue weighted by Gasteiger charge is -2.24. The van der Waals surface area contributed by atoms with Gasteiger partial charge in [0.2, 0.25) is 0 Å². The van der Waals surface area contributed by atoms with Crippen LogP contribution >= 0.6 is 22.6 Å². The molecule has 0 aliphatic heterocycles. The average molecular weight is 443 g/mol. The fourth-order valence-electron chi connectivity index (χ4n) is 1.98. The number of anilines is 1. The number of ether oxygens (including phenoxy) is 1. The highest BCUT2D eigenvalue weighted by molar-refractivity contribution is 14.1. The first kappa shape index (κ1) is 18.2. The highest BCUT2D eigenvalue weighted by Gasteiger charge is 2.21. The zero-order valence-electron chi connectivity index (χ0n) is 13.7. The normalized spacial score (nSPS) is 11.5. The van der Waals surface area contributed by atoms with Gasteiger partial charge in [0.1, 0.15) is 13.0 Å². The van der Waals surface area contributed by atoms with Crippen LogP contribution in [0.3, 0.4) is 0 Å². The van der Waals surface area contributed by atoms with Crippen molar-refractivity contribution in [2.45, 2.75) is 25.7 Å². The van der Waals surface area contributed by atoms with Crippen molar-refractivity contribution in [2.24, 2.45) is 0 Å². The third-order valence-corrected chi connectivity index (χ3v) is 5.99. The highest BCUT2D eigenvalue weighted by Crippen LogP contribution is 2.24. The summed E-state index contributed by atoms with van der Waals surface area (Å²) in [5.74, 6) is -0.115. The van der Waals surface area contributed by atoms with Gasteiger partial charge < -0.3 is 9.15 Å². The van der Waals surface area contributed by atoms with Gasteiger partial charge in [-0.05, 0) is 46.8 Å². The Morgan fingerprint density at radius 2 is 2.00 bits per heavy atom. The largest absolute Gasteiger partial charge is 0.472 e. The Labute approximate surface area is 152 Å². The molecule has 0 aliphatic carbocycles. The van der Waals surface area contributed by atoms with Gasteiger partial charge in [0.15, 0.2) is 0 Å². The second-order valence-corrected chi connectivity index (χ2v) is 13.3. The summed E-state index contributed by atoms with van der Waals surface area (Å²) in [6.07, 6.45) is 2.97. The van der Waals surface area contributed by atoms with Gasteiger partial charge in [0.05, 0.1) is 17.5 Å². The molecule has 0 radical (unpaired) electrons. The first-order valence-electron chi connectivity index (χ1n) is 7.55. The number of amides is 1. The molecule has 0 saturated carbocycles. The van der Waals surface area contributed by atoms with E-state index in [4.69, 9.17) is 9.15 Å². The molecular weight excluding hydrogens is 421 g/mol. The Bertz CT molecular complexity index is 638. The van der Waals surface area contributed by atoms with E-state index in [0.29, 0.717) is 12.2 Å². The van der Waals surface area contributed by atoms with E-state index in [0.717, 1.165) is 15.3 Å². The van der Waals surface area contributed by atoms with Gasteiger partial charge in [0.25, 0.3) is 5.91 Å². The molecular formula is C17H22INO3Si. The van der Waals surface area contributed by atoms with Crippen molar-refractivity contribution in [3.8, 4) is 0 Å². The number of hydrogen-bond donors (Lipinski definition) is 0. The maximum absolute atomic E-state index is 12.7. The predicted molar refractivity (Wildman–Crippen MR) is 104 cm³/mol. The van der Waals surface area contributed by atoms with Gasteiger partial charge in [-0.1, -0.05) is 31.8 Å². The van der Waals surface area contributed by atoms with Crippen LogP contribution < -0.4 is 4.90 Å². The molecule has 0 atom stereocenters. The van der Waals surface area contributed by atoms with Crippen molar-refractivity contribution in [3.63, 3.8) is 0 Å². The van der Waals surface area contributed by atoms with Crippen LogP contribution in [0.1, 0.15) is 10.4 Å². The van der Waals surface area contributed by atoms with Gasteiger partial charge in [-0.3, -0.25) is 9.69 Å². The molecule has 1 aromatic heterocycles. The minimum Gasteiger partial charge on any atom is -0.472 e. The number of hydrogen-bond acceptors (Lipinski definition) is 3. The summed E-state index contributed by atoms with van der Waals surface area (Å²) in [5, 5.41) is 0. The molecule has 6 heteroatoms. The summed E-state index contributed by atoms with van der Waals surface area (Å²) < 4.78 is 11.9. The zero-order valence-corrected chi connectivity index (χ0v) is 16.9. The summed E-state index contributed by atoms with van der Waals surface area (Å²) in [7, 11) is -1.14. The Morgan fingerprint density at radius 3 is 2.61 bits per heavy atom. The number of rotatable bonds is 7. The van der Waals surface area contributed by atoms with Gasteiger partial charge in [-0.25, -0.2) is 0 Å². The maximum atomic E-state index is 12.7. The number of carbonyl (C=O) groups excluding carboxylic acids is 1. The van der Waals surface area contributed by atoms with E-state index in [1.165, 1.54) is 12.5 Å². The van der Waals surface area contributed by atoms with Crippen LogP contribution in [0.5, 0.6) is 0 Å². The van der Waals surface area contributed by atoms with E-state index in [1.807, 2.05) is 24.3 Å². The number of para-hydroxylation sites is 1. The Balaban J connectivity index is 2.12. The lowest BCUT2D eigenvalue weighted by Crippen LogP contribution is -2.34. The third-order valence-electron chi connectivity index (χ3n) is 3.37. The molecule has 1 aromatic carbocycles. The summed E-state index contributed by atoms with van der Waals surface area (Å²) in [5.41, 5.74) is 1.38. The van der Waals surface area contributed by atoms with Crippen LogP contribution in [0.15, 0.2) is 47.3 Å². The van der Waals surface area contributed by atoms with Crippen molar-refractivity contribution in [2.75, 3.05) is 18.2 Å². The lowest BCUT2D eigenvalue weighted by molar-refractivity contribution is 0.0899. The Kier molecular flexibility index (Phi) is 6.43. The van der Waals surface area contributed by atoms with E-state index < -0.39 is 8.07 Å². The van der Waals surface area contributed by atoms with E-state index in [2.05, 4.69) is 42.2 Å². The smallest absolute Gasteiger partial charge is 0.263 e. The second kappa shape index (κ2) is 8.12. The molecule has 0 fully saturated rings. The fourth-order valence-corrected chi connectivity index (χ4v) is 3.42. The molecule has 2 aromatic rings. The molecule has 2 rings (SSSR count). The molecule has 0 aliphatic rings. The SMILES string of the molecule is C[Si](C)(C)CCOCN(C(=O)c1ccoc1)c1ccccc1I. The first-order valence-corrected chi connectivity index (χ1v) is 12.3. The molecule has 0 bridgehead atoms. The monoisotopic (exact) mass is 443 g/mol. The van der Waals surface area contributed by atoms with Crippen molar-refractivity contribution in [1.82, 2.24) is 0 Å². The van der Waals surface area contributed by atoms with Crippen LogP contribution in [0.25, 0.3) is 0 Å². The predicted octanol–water partition coefficient (Wildman–Crippen LogP) is 4.84. The number of halogens is 1. The van der Waals surface area contributed by atoms with Crippen molar-refractivity contribution < 1.29 is 13.9 Å². The van der Waals surface area contributed by atoms with E-state index in [-0.39, 0.29) is 12.6 Å². The molecule has 1 amide bonds. The molecule has 0 spiro atoms. The maximum Gasteiger partial charge on any atom is 0.263 e. The molecule has 0 saturated heterocycles. The summed E-state index contributed by atoms with van der Waals surface area (Å²) >= 11 is 2.23. The zero-order chi connectivity index (χ0) is 16.9. The number of benzene rings is 1. The fraction of sp³-hybridized carbons (Fsp3) is 0.353. The first-order chi connectivity index (χ1) is 10.9. The van der Waals surface area contributed by atoms with Crippen molar-refractivity contribution in [1.29, 1.82) is 0 Å². The quantitative estimate of drug-likeness (QED) is 0.266. The van der Waals surface area contributed by atoms with Crippen LogP contribution in [0.4, 0.5) is 5.69 Å². The number of nitrogens with zero attached hydrogens (tertiary/aromatic N) is 1. The third kappa shape index (κ3) is 5.47. The molecule has 1 heterocycles. The molecule has 0 unspecified atom stereocenters. The van der Waals surface area contributed by atoms with Crippen LogP contribution in [-0.4, -0.2) is 27.3 Å². The van der Waals surface area contributed by atoms with E-state index in [9.17, 15) is 4.79 Å². The highest BCUT2D eigenvalue weighted by atomic mass is 127.